The Morgan fingerprint density at radius 2 is 2.00 bits per heavy atom. The van der Waals surface area contributed by atoms with Crippen LogP contribution in [-0.2, 0) is 14.4 Å². The molecule has 8 nitrogen and oxygen atoms in total. The number of ether oxygens (including phenoxy) is 2. The standard InChI is InChI=1S/C17H18N2O6S2/c1-24-11-4-3-10(7-12(11)25-2)8-13-16(23)19(17(26)27-13)6-5-14(20)18-9-15(21)22/h3-4,7-8H,5-6,9H2,1-2H3,(H,18,20)(H,21,22)/b13-8-. The molecule has 1 fully saturated rings. The Morgan fingerprint density at radius 1 is 1.30 bits per heavy atom. The minimum absolute atomic E-state index is 0.0383. The number of thioether (sulfide) groups is 1. The molecule has 0 spiro atoms. The van der Waals surface area contributed by atoms with E-state index in [-0.39, 0.29) is 18.9 Å². The molecule has 1 aliphatic heterocycles. The quantitative estimate of drug-likeness (QED) is 0.491. The first-order chi connectivity index (χ1) is 12.8. The first-order valence-corrected chi connectivity index (χ1v) is 9.04. The molecule has 0 aromatic heterocycles. The molecule has 27 heavy (non-hydrogen) atoms. The molecule has 0 aliphatic carbocycles. The number of thiocarbonyl (C=S) groups is 1. The third-order valence-corrected chi connectivity index (χ3v) is 4.96. The SMILES string of the molecule is COc1ccc(/C=C2\SC(=S)N(CCC(=O)NCC(=O)O)C2=O)cc1OC. The molecule has 0 unspecified atom stereocenters. The van der Waals surface area contributed by atoms with Crippen molar-refractivity contribution < 1.29 is 29.0 Å². The van der Waals surface area contributed by atoms with Gasteiger partial charge >= 0.3 is 5.97 Å². The van der Waals surface area contributed by atoms with Gasteiger partial charge < -0.3 is 19.9 Å². The van der Waals surface area contributed by atoms with Crippen molar-refractivity contribution in [2.24, 2.45) is 0 Å². The summed E-state index contributed by atoms with van der Waals surface area (Å²) in [7, 11) is 3.06. The van der Waals surface area contributed by atoms with Gasteiger partial charge in [-0.25, -0.2) is 0 Å². The highest BCUT2D eigenvalue weighted by molar-refractivity contribution is 8.26. The molecule has 0 bridgehead atoms. The normalized spacial score (nSPS) is 15.2. The van der Waals surface area contributed by atoms with Crippen LogP contribution >= 0.6 is 24.0 Å². The van der Waals surface area contributed by atoms with Gasteiger partial charge in [0.15, 0.2) is 11.5 Å². The first-order valence-electron chi connectivity index (χ1n) is 7.81. The lowest BCUT2D eigenvalue weighted by atomic mass is 10.2. The van der Waals surface area contributed by atoms with Gasteiger partial charge in [-0.15, -0.1) is 0 Å². The fourth-order valence-electron chi connectivity index (χ4n) is 2.26. The molecule has 10 heteroatoms. The van der Waals surface area contributed by atoms with Crippen LogP contribution in [0, 0.1) is 0 Å². The van der Waals surface area contributed by atoms with Crippen molar-refractivity contribution in [3.05, 3.63) is 28.7 Å². The molecule has 0 atom stereocenters. The minimum Gasteiger partial charge on any atom is -0.493 e. The first kappa shape index (κ1) is 20.7. The molecule has 1 aromatic rings. The number of nitrogens with one attached hydrogen (secondary N) is 1. The Kier molecular flexibility index (Phi) is 7.19. The Bertz CT molecular complexity index is 809. The number of nitrogens with zero attached hydrogens (tertiary/aromatic N) is 1. The van der Waals surface area contributed by atoms with Crippen LogP contribution in [0.1, 0.15) is 12.0 Å². The zero-order valence-electron chi connectivity index (χ0n) is 14.7. The highest BCUT2D eigenvalue weighted by Crippen LogP contribution is 2.34. The number of carboxylic acids is 1. The zero-order valence-corrected chi connectivity index (χ0v) is 16.3. The van der Waals surface area contributed by atoms with Crippen LogP contribution < -0.4 is 14.8 Å². The van der Waals surface area contributed by atoms with Gasteiger partial charge in [0.05, 0.1) is 19.1 Å². The average molecular weight is 410 g/mol. The molecular weight excluding hydrogens is 392 g/mol. The Morgan fingerprint density at radius 3 is 2.63 bits per heavy atom. The molecule has 2 N–H and O–H groups in total. The van der Waals surface area contributed by atoms with Crippen molar-refractivity contribution in [3.63, 3.8) is 0 Å². The summed E-state index contributed by atoms with van der Waals surface area (Å²) < 4.78 is 10.8. The zero-order chi connectivity index (χ0) is 20.0. The Balaban J connectivity index is 2.05. The predicted molar refractivity (Wildman–Crippen MR) is 105 cm³/mol. The molecule has 2 amide bonds. The lowest BCUT2D eigenvalue weighted by Crippen LogP contribution is -2.35. The molecule has 2 rings (SSSR count). The summed E-state index contributed by atoms with van der Waals surface area (Å²) in [6.07, 6.45) is 1.65. The number of rotatable bonds is 8. The van der Waals surface area contributed by atoms with Crippen molar-refractivity contribution in [1.29, 1.82) is 0 Å². The summed E-state index contributed by atoms with van der Waals surface area (Å²) in [6.45, 7) is -0.379. The lowest BCUT2D eigenvalue weighted by molar-refractivity contribution is -0.138. The number of methoxy groups -OCH3 is 2. The van der Waals surface area contributed by atoms with Gasteiger partial charge in [-0.1, -0.05) is 30.0 Å². The largest absolute Gasteiger partial charge is 0.493 e. The number of carbonyl (C=O) groups excluding carboxylic acids is 2. The Hall–Kier alpha value is -2.59. The van der Waals surface area contributed by atoms with Crippen molar-refractivity contribution in [2.75, 3.05) is 27.3 Å². The van der Waals surface area contributed by atoms with E-state index < -0.39 is 18.4 Å². The number of aliphatic carboxylic acids is 1. The van der Waals surface area contributed by atoms with E-state index in [4.69, 9.17) is 26.8 Å². The Labute approximate surface area is 165 Å². The molecule has 144 valence electrons. The molecule has 1 heterocycles. The summed E-state index contributed by atoms with van der Waals surface area (Å²) in [6, 6.07) is 5.26. The van der Waals surface area contributed by atoms with Crippen molar-refractivity contribution in [3.8, 4) is 11.5 Å². The minimum atomic E-state index is -1.13. The van der Waals surface area contributed by atoms with E-state index in [1.165, 1.54) is 19.1 Å². The van der Waals surface area contributed by atoms with Crippen molar-refractivity contribution >= 4 is 52.2 Å². The monoisotopic (exact) mass is 410 g/mol. The number of hydrogen-bond donors (Lipinski definition) is 2. The number of amides is 2. The predicted octanol–water partition coefficient (Wildman–Crippen LogP) is 1.50. The fourth-order valence-corrected chi connectivity index (χ4v) is 3.57. The van der Waals surface area contributed by atoms with E-state index in [0.717, 1.165) is 17.3 Å². The highest BCUT2D eigenvalue weighted by Gasteiger charge is 2.32. The molecule has 0 radical (unpaired) electrons. The third kappa shape index (κ3) is 5.44. The second-order valence-corrected chi connectivity index (χ2v) is 7.04. The third-order valence-electron chi connectivity index (χ3n) is 3.58. The number of carbonyl (C=O) groups is 3. The molecule has 1 saturated heterocycles. The van der Waals surface area contributed by atoms with Gasteiger partial charge in [0.25, 0.3) is 5.91 Å². The highest BCUT2D eigenvalue weighted by atomic mass is 32.2. The molecule has 0 saturated carbocycles. The van der Waals surface area contributed by atoms with Gasteiger partial charge in [-0.05, 0) is 23.8 Å². The topological polar surface area (TPSA) is 105 Å². The van der Waals surface area contributed by atoms with E-state index in [1.807, 2.05) is 0 Å². The smallest absolute Gasteiger partial charge is 0.322 e. The van der Waals surface area contributed by atoms with E-state index in [9.17, 15) is 14.4 Å². The summed E-state index contributed by atoms with van der Waals surface area (Å²) in [5.74, 6) is -0.778. The average Bonchev–Trinajstić information content (AvgIpc) is 2.91. The summed E-state index contributed by atoms with van der Waals surface area (Å²) >= 11 is 6.35. The summed E-state index contributed by atoms with van der Waals surface area (Å²) in [5, 5.41) is 10.8. The van der Waals surface area contributed by atoms with E-state index >= 15 is 0 Å². The molecule has 1 aromatic carbocycles. The lowest BCUT2D eigenvalue weighted by Gasteiger charge is -2.13. The van der Waals surface area contributed by atoms with E-state index in [1.54, 1.807) is 24.3 Å². The van der Waals surface area contributed by atoms with Crippen LogP contribution in [0.4, 0.5) is 0 Å². The summed E-state index contributed by atoms with van der Waals surface area (Å²) in [5.41, 5.74) is 0.743. The van der Waals surface area contributed by atoms with Gasteiger partial charge in [0.1, 0.15) is 10.9 Å². The van der Waals surface area contributed by atoms with Crippen LogP contribution in [-0.4, -0.2) is 59.4 Å². The number of carboxylic acid groups (broad SMARTS) is 1. The van der Waals surface area contributed by atoms with Crippen LogP contribution in [0.3, 0.4) is 0 Å². The second-order valence-electron chi connectivity index (χ2n) is 5.37. The van der Waals surface area contributed by atoms with Gasteiger partial charge in [0, 0.05) is 13.0 Å². The maximum atomic E-state index is 12.5. The van der Waals surface area contributed by atoms with Gasteiger partial charge in [-0.3, -0.25) is 19.3 Å². The molecule has 1 aliphatic rings. The molecular formula is C17H18N2O6S2. The second kappa shape index (κ2) is 9.38. The number of hydrogen-bond acceptors (Lipinski definition) is 7. The van der Waals surface area contributed by atoms with E-state index in [2.05, 4.69) is 5.32 Å². The maximum absolute atomic E-state index is 12.5. The van der Waals surface area contributed by atoms with Crippen LogP contribution in [0.25, 0.3) is 6.08 Å². The summed E-state index contributed by atoms with van der Waals surface area (Å²) in [4.78, 5) is 36.4. The van der Waals surface area contributed by atoms with Crippen molar-refractivity contribution in [2.45, 2.75) is 6.42 Å². The van der Waals surface area contributed by atoms with Crippen molar-refractivity contribution in [1.82, 2.24) is 10.2 Å². The van der Waals surface area contributed by atoms with Crippen LogP contribution in [0.2, 0.25) is 0 Å². The number of benzene rings is 1. The van der Waals surface area contributed by atoms with Crippen LogP contribution in [0.5, 0.6) is 11.5 Å². The van der Waals surface area contributed by atoms with Gasteiger partial charge in [-0.2, -0.15) is 0 Å². The van der Waals surface area contributed by atoms with Gasteiger partial charge in [0.2, 0.25) is 5.91 Å². The maximum Gasteiger partial charge on any atom is 0.322 e. The van der Waals surface area contributed by atoms with Crippen LogP contribution in [0.15, 0.2) is 23.1 Å². The van der Waals surface area contributed by atoms with E-state index in [0.29, 0.717) is 20.7 Å². The fraction of sp³-hybridized carbons (Fsp3) is 0.294.